The van der Waals surface area contributed by atoms with Crippen LogP contribution in [0.1, 0.15) is 24.2 Å². The van der Waals surface area contributed by atoms with E-state index in [-0.39, 0.29) is 24.7 Å². The summed E-state index contributed by atoms with van der Waals surface area (Å²) < 4.78 is 12.0. The van der Waals surface area contributed by atoms with E-state index in [9.17, 15) is 9.59 Å². The van der Waals surface area contributed by atoms with E-state index in [0.29, 0.717) is 22.8 Å². The molecule has 0 bridgehead atoms. The molecular formula is C21H18N4O4S. The Labute approximate surface area is 175 Å². The number of aromatic amines is 1. The number of carbonyl (C=O) groups is 1. The molecule has 3 aromatic heterocycles. The number of nitrogens with one attached hydrogen (secondary N) is 2. The molecule has 0 unspecified atom stereocenters. The molecule has 0 spiro atoms. The van der Waals surface area contributed by atoms with Crippen LogP contribution in [-0.4, -0.2) is 27.3 Å². The number of hydrogen-bond acceptors (Lipinski definition) is 6. The van der Waals surface area contributed by atoms with Gasteiger partial charge in [-0.05, 0) is 36.1 Å². The quantitative estimate of drug-likeness (QED) is 0.515. The van der Waals surface area contributed by atoms with E-state index in [0.717, 1.165) is 16.1 Å². The van der Waals surface area contributed by atoms with E-state index in [1.165, 1.54) is 10.6 Å². The Hall–Kier alpha value is -3.59. The maximum atomic E-state index is 12.5. The maximum absolute atomic E-state index is 12.5. The SMILES string of the molecule is C[C@H](NC(=O)Cc1ccc2c(c1)OCO2)c1cc(=O)n2[nH]c(-c3cccs3)cc2n1. The Bertz CT molecular complexity index is 1290. The molecule has 4 heterocycles. The third-order valence-corrected chi connectivity index (χ3v) is 5.78. The van der Waals surface area contributed by atoms with Crippen LogP contribution in [0, 0.1) is 0 Å². The van der Waals surface area contributed by atoms with Crippen molar-refractivity contribution in [1.82, 2.24) is 19.9 Å². The normalized spacial score (nSPS) is 13.5. The standard InChI is InChI=1S/C21H18N4O4S/c1-12(22-20(26)8-13-4-5-16-17(7-13)29-11-28-16)14-10-21(27)25-19(23-14)9-15(24-25)18-3-2-6-30-18/h2-7,9-10,12,24H,8,11H2,1H3,(H,22,26)/t12-/m0/s1. The molecule has 0 aliphatic carbocycles. The average Bonchev–Trinajstić information content (AvgIpc) is 3.47. The molecule has 1 aromatic carbocycles. The third kappa shape index (κ3) is 3.43. The number of H-pyrrole nitrogens is 1. The highest BCUT2D eigenvalue weighted by Gasteiger charge is 2.17. The van der Waals surface area contributed by atoms with Crippen molar-refractivity contribution in [2.45, 2.75) is 19.4 Å². The first-order valence-electron chi connectivity index (χ1n) is 9.41. The summed E-state index contributed by atoms with van der Waals surface area (Å²) in [5, 5.41) is 7.95. The molecule has 1 amide bonds. The van der Waals surface area contributed by atoms with Gasteiger partial charge in [0.25, 0.3) is 5.56 Å². The van der Waals surface area contributed by atoms with Crippen molar-refractivity contribution in [3.05, 3.63) is 69.5 Å². The first-order valence-corrected chi connectivity index (χ1v) is 10.3. The molecule has 0 radical (unpaired) electrons. The fourth-order valence-corrected chi connectivity index (χ4v) is 4.08. The topological polar surface area (TPSA) is 97.7 Å². The molecule has 1 aliphatic rings. The first-order chi connectivity index (χ1) is 14.6. The van der Waals surface area contributed by atoms with Gasteiger partial charge in [-0.15, -0.1) is 11.3 Å². The van der Waals surface area contributed by atoms with E-state index in [1.807, 2.05) is 36.6 Å². The Morgan fingerprint density at radius 3 is 2.97 bits per heavy atom. The lowest BCUT2D eigenvalue weighted by Crippen LogP contribution is -2.30. The van der Waals surface area contributed by atoms with Gasteiger partial charge in [0.1, 0.15) is 0 Å². The van der Waals surface area contributed by atoms with Crippen LogP contribution < -0.4 is 20.3 Å². The van der Waals surface area contributed by atoms with Crippen molar-refractivity contribution < 1.29 is 14.3 Å². The summed E-state index contributed by atoms with van der Waals surface area (Å²) in [6.45, 7) is 2.00. The Balaban J connectivity index is 1.33. The molecule has 152 valence electrons. The summed E-state index contributed by atoms with van der Waals surface area (Å²) in [4.78, 5) is 30.6. The van der Waals surface area contributed by atoms with Gasteiger partial charge in [-0.3, -0.25) is 14.7 Å². The van der Waals surface area contributed by atoms with Crippen molar-refractivity contribution in [1.29, 1.82) is 0 Å². The molecule has 2 N–H and O–H groups in total. The highest BCUT2D eigenvalue weighted by molar-refractivity contribution is 7.13. The number of ether oxygens (including phenoxy) is 2. The number of rotatable bonds is 5. The van der Waals surface area contributed by atoms with Gasteiger partial charge in [0.05, 0.1) is 28.7 Å². The molecule has 5 rings (SSSR count). The van der Waals surface area contributed by atoms with E-state index >= 15 is 0 Å². The lowest BCUT2D eigenvalue weighted by Gasteiger charge is -2.13. The molecule has 1 aliphatic heterocycles. The fraction of sp³-hybridized carbons (Fsp3) is 0.190. The van der Waals surface area contributed by atoms with Crippen molar-refractivity contribution >= 4 is 22.9 Å². The molecule has 4 aromatic rings. The zero-order valence-corrected chi connectivity index (χ0v) is 16.9. The van der Waals surface area contributed by atoms with Gasteiger partial charge in [-0.25, -0.2) is 9.50 Å². The highest BCUT2D eigenvalue weighted by Crippen LogP contribution is 2.32. The monoisotopic (exact) mass is 422 g/mol. The minimum absolute atomic E-state index is 0.170. The number of hydrogen-bond donors (Lipinski definition) is 2. The Morgan fingerprint density at radius 1 is 1.27 bits per heavy atom. The number of thiophene rings is 1. The van der Waals surface area contributed by atoms with Crippen LogP contribution in [0.25, 0.3) is 16.2 Å². The van der Waals surface area contributed by atoms with E-state index in [2.05, 4.69) is 15.4 Å². The zero-order chi connectivity index (χ0) is 20.7. The number of fused-ring (bicyclic) bond motifs is 2. The van der Waals surface area contributed by atoms with E-state index in [1.54, 1.807) is 23.5 Å². The van der Waals surface area contributed by atoms with Crippen molar-refractivity contribution in [3.8, 4) is 22.1 Å². The highest BCUT2D eigenvalue weighted by atomic mass is 32.1. The summed E-state index contributed by atoms with van der Waals surface area (Å²) in [5.74, 6) is 1.15. The van der Waals surface area contributed by atoms with Crippen LogP contribution in [0.4, 0.5) is 0 Å². The second kappa shape index (κ2) is 7.34. The number of nitrogens with zero attached hydrogens (tertiary/aromatic N) is 2. The van der Waals surface area contributed by atoms with Gasteiger partial charge < -0.3 is 14.8 Å². The van der Waals surface area contributed by atoms with Crippen LogP contribution in [0.2, 0.25) is 0 Å². The predicted molar refractivity (Wildman–Crippen MR) is 112 cm³/mol. The van der Waals surface area contributed by atoms with Gasteiger partial charge in [0.2, 0.25) is 12.7 Å². The number of amides is 1. The van der Waals surface area contributed by atoms with Crippen LogP contribution >= 0.6 is 11.3 Å². The number of aromatic nitrogens is 3. The number of benzene rings is 1. The van der Waals surface area contributed by atoms with Crippen LogP contribution in [0.15, 0.2) is 52.6 Å². The molecule has 30 heavy (non-hydrogen) atoms. The summed E-state index contributed by atoms with van der Waals surface area (Å²) in [6.07, 6.45) is 0.189. The molecule has 0 saturated heterocycles. The van der Waals surface area contributed by atoms with Crippen LogP contribution in [-0.2, 0) is 11.2 Å². The minimum atomic E-state index is -0.413. The number of carbonyl (C=O) groups excluding carboxylic acids is 1. The summed E-state index contributed by atoms with van der Waals surface area (Å²) >= 11 is 1.58. The summed E-state index contributed by atoms with van der Waals surface area (Å²) in [6, 6.07) is 12.2. The fourth-order valence-electron chi connectivity index (χ4n) is 3.39. The Kier molecular flexibility index (Phi) is 4.51. The van der Waals surface area contributed by atoms with Gasteiger partial charge in [0, 0.05) is 12.1 Å². The summed E-state index contributed by atoms with van der Waals surface area (Å²) in [7, 11) is 0. The molecule has 1 atom stereocenters. The first kappa shape index (κ1) is 18.4. The van der Waals surface area contributed by atoms with Crippen molar-refractivity contribution in [3.63, 3.8) is 0 Å². The van der Waals surface area contributed by atoms with E-state index < -0.39 is 6.04 Å². The molecule has 0 saturated carbocycles. The van der Waals surface area contributed by atoms with Gasteiger partial charge in [0.15, 0.2) is 17.1 Å². The summed E-state index contributed by atoms with van der Waals surface area (Å²) in [5.41, 5.74) is 2.44. The largest absolute Gasteiger partial charge is 0.454 e. The molecule has 9 heteroatoms. The van der Waals surface area contributed by atoms with Crippen LogP contribution in [0.3, 0.4) is 0 Å². The lowest BCUT2D eigenvalue weighted by molar-refractivity contribution is -0.121. The second-order valence-corrected chi connectivity index (χ2v) is 7.96. The minimum Gasteiger partial charge on any atom is -0.454 e. The zero-order valence-electron chi connectivity index (χ0n) is 16.0. The maximum Gasteiger partial charge on any atom is 0.272 e. The Morgan fingerprint density at radius 2 is 2.13 bits per heavy atom. The van der Waals surface area contributed by atoms with Crippen molar-refractivity contribution in [2.75, 3.05) is 6.79 Å². The van der Waals surface area contributed by atoms with Gasteiger partial charge in [-0.2, -0.15) is 0 Å². The second-order valence-electron chi connectivity index (χ2n) is 7.01. The average molecular weight is 422 g/mol. The smallest absolute Gasteiger partial charge is 0.272 e. The molecular weight excluding hydrogens is 404 g/mol. The van der Waals surface area contributed by atoms with Crippen LogP contribution in [0.5, 0.6) is 11.5 Å². The molecule has 8 nitrogen and oxygen atoms in total. The van der Waals surface area contributed by atoms with E-state index in [4.69, 9.17) is 9.47 Å². The lowest BCUT2D eigenvalue weighted by atomic mass is 10.1. The van der Waals surface area contributed by atoms with Gasteiger partial charge >= 0.3 is 0 Å². The van der Waals surface area contributed by atoms with Gasteiger partial charge in [-0.1, -0.05) is 12.1 Å². The van der Waals surface area contributed by atoms with Crippen molar-refractivity contribution in [2.24, 2.45) is 0 Å². The predicted octanol–water partition coefficient (Wildman–Crippen LogP) is 2.90. The molecule has 0 fully saturated rings. The third-order valence-electron chi connectivity index (χ3n) is 4.88.